The van der Waals surface area contributed by atoms with Crippen LogP contribution < -0.4 is 0 Å². The molecule has 0 radical (unpaired) electrons. The van der Waals surface area contributed by atoms with Crippen LogP contribution in [0.4, 0.5) is 0 Å². The van der Waals surface area contributed by atoms with Crippen LogP contribution in [0.3, 0.4) is 0 Å². The standard InChI is InChI=1S/C11H20/c1-5-8-11(7-3)9-10(4)6-2/h5,8-9,11H,6-7H2,1-4H3. The molecule has 0 N–H and O–H groups in total. The van der Waals surface area contributed by atoms with Gasteiger partial charge in [-0.15, -0.1) is 0 Å². The van der Waals surface area contributed by atoms with Crippen LogP contribution in [-0.2, 0) is 0 Å². The summed E-state index contributed by atoms with van der Waals surface area (Å²) in [6, 6.07) is 0. The number of allylic oxidation sites excluding steroid dienone is 4. The van der Waals surface area contributed by atoms with Crippen molar-refractivity contribution in [2.24, 2.45) is 5.92 Å². The average molecular weight is 152 g/mol. The fourth-order valence-corrected chi connectivity index (χ4v) is 1.04. The van der Waals surface area contributed by atoms with Gasteiger partial charge in [-0.3, -0.25) is 0 Å². The van der Waals surface area contributed by atoms with E-state index in [2.05, 4.69) is 45.9 Å². The van der Waals surface area contributed by atoms with Crippen LogP contribution in [-0.4, -0.2) is 0 Å². The van der Waals surface area contributed by atoms with Gasteiger partial charge in [0.15, 0.2) is 0 Å². The highest BCUT2D eigenvalue weighted by atomic mass is 14.0. The van der Waals surface area contributed by atoms with Crippen molar-refractivity contribution in [3.8, 4) is 0 Å². The molecule has 1 atom stereocenters. The van der Waals surface area contributed by atoms with Crippen LogP contribution in [0.15, 0.2) is 23.8 Å². The Bertz CT molecular complexity index is 140. The monoisotopic (exact) mass is 152 g/mol. The maximum Gasteiger partial charge on any atom is -0.00537 e. The van der Waals surface area contributed by atoms with Gasteiger partial charge in [-0.05, 0) is 32.6 Å². The molecule has 0 saturated carbocycles. The first kappa shape index (κ1) is 10.5. The summed E-state index contributed by atoms with van der Waals surface area (Å²) in [7, 11) is 0. The normalized spacial score (nSPS) is 15.8. The van der Waals surface area contributed by atoms with Crippen molar-refractivity contribution >= 4 is 0 Å². The lowest BCUT2D eigenvalue weighted by molar-refractivity contribution is 0.761. The summed E-state index contributed by atoms with van der Waals surface area (Å²) < 4.78 is 0. The van der Waals surface area contributed by atoms with E-state index in [1.54, 1.807) is 0 Å². The second kappa shape index (κ2) is 6.21. The van der Waals surface area contributed by atoms with Crippen molar-refractivity contribution in [1.29, 1.82) is 0 Å². The summed E-state index contributed by atoms with van der Waals surface area (Å²) in [6.07, 6.45) is 9.14. The number of hydrogen-bond donors (Lipinski definition) is 0. The molecule has 1 unspecified atom stereocenters. The molecule has 0 aromatic heterocycles. The zero-order valence-electron chi connectivity index (χ0n) is 8.22. The SMILES string of the molecule is CC=CC(C=C(C)CC)CC. The molecule has 64 valence electrons. The van der Waals surface area contributed by atoms with Crippen LogP contribution in [0, 0.1) is 5.92 Å². The van der Waals surface area contributed by atoms with E-state index in [4.69, 9.17) is 0 Å². The molecule has 0 spiro atoms. The first-order chi connectivity index (χ1) is 5.24. The van der Waals surface area contributed by atoms with Crippen molar-refractivity contribution < 1.29 is 0 Å². The minimum atomic E-state index is 0.653. The largest absolute Gasteiger partial charge is 0.0911 e. The predicted octanol–water partition coefficient (Wildman–Crippen LogP) is 3.95. The minimum absolute atomic E-state index is 0.653. The molecule has 0 heteroatoms. The molecule has 0 amide bonds. The van der Waals surface area contributed by atoms with Crippen molar-refractivity contribution in [2.75, 3.05) is 0 Å². The Balaban J connectivity index is 4.05. The highest BCUT2D eigenvalue weighted by Crippen LogP contribution is 2.11. The molecule has 0 fully saturated rings. The van der Waals surface area contributed by atoms with Gasteiger partial charge in [-0.25, -0.2) is 0 Å². The fourth-order valence-electron chi connectivity index (χ4n) is 1.04. The summed E-state index contributed by atoms with van der Waals surface area (Å²) >= 11 is 0. The molecule has 0 saturated heterocycles. The van der Waals surface area contributed by atoms with E-state index in [0.29, 0.717) is 5.92 Å². The second-order valence-electron chi connectivity index (χ2n) is 2.96. The number of hydrogen-bond acceptors (Lipinski definition) is 0. The third-order valence-electron chi connectivity index (χ3n) is 1.97. The van der Waals surface area contributed by atoms with Crippen molar-refractivity contribution in [3.63, 3.8) is 0 Å². The van der Waals surface area contributed by atoms with E-state index in [0.717, 1.165) is 0 Å². The van der Waals surface area contributed by atoms with Crippen LogP contribution in [0.1, 0.15) is 40.5 Å². The van der Waals surface area contributed by atoms with Gasteiger partial charge in [0.1, 0.15) is 0 Å². The molecule has 0 aromatic carbocycles. The highest BCUT2D eigenvalue weighted by Gasteiger charge is 1.95. The topological polar surface area (TPSA) is 0 Å². The van der Waals surface area contributed by atoms with Gasteiger partial charge >= 0.3 is 0 Å². The van der Waals surface area contributed by atoms with Gasteiger partial charge in [-0.2, -0.15) is 0 Å². The molecule has 0 nitrogen and oxygen atoms in total. The molecular weight excluding hydrogens is 132 g/mol. The van der Waals surface area contributed by atoms with Crippen molar-refractivity contribution in [2.45, 2.75) is 40.5 Å². The van der Waals surface area contributed by atoms with Gasteiger partial charge in [0.05, 0.1) is 0 Å². The fraction of sp³-hybridized carbons (Fsp3) is 0.636. The van der Waals surface area contributed by atoms with Gasteiger partial charge in [0.25, 0.3) is 0 Å². The first-order valence-electron chi connectivity index (χ1n) is 4.54. The molecule has 0 rings (SSSR count). The lowest BCUT2D eigenvalue weighted by Gasteiger charge is -2.04. The average Bonchev–Trinajstić information content (AvgIpc) is 2.03. The minimum Gasteiger partial charge on any atom is -0.0911 e. The van der Waals surface area contributed by atoms with E-state index in [1.165, 1.54) is 18.4 Å². The maximum atomic E-state index is 2.36. The lowest BCUT2D eigenvalue weighted by atomic mass is 10.0. The van der Waals surface area contributed by atoms with Gasteiger partial charge in [-0.1, -0.05) is 37.6 Å². The molecular formula is C11H20. The van der Waals surface area contributed by atoms with Crippen molar-refractivity contribution in [1.82, 2.24) is 0 Å². The molecule has 11 heavy (non-hydrogen) atoms. The Morgan fingerprint density at radius 1 is 1.36 bits per heavy atom. The molecule has 0 aliphatic rings. The zero-order chi connectivity index (χ0) is 8.69. The van der Waals surface area contributed by atoms with Crippen LogP contribution in [0.25, 0.3) is 0 Å². The maximum absolute atomic E-state index is 2.36. The summed E-state index contributed by atoms with van der Waals surface area (Å²) in [6.45, 7) is 8.71. The molecule has 0 heterocycles. The van der Waals surface area contributed by atoms with Crippen LogP contribution in [0.5, 0.6) is 0 Å². The third kappa shape index (κ3) is 4.83. The second-order valence-corrected chi connectivity index (χ2v) is 2.96. The molecule has 0 aromatic rings. The van der Waals surface area contributed by atoms with Gasteiger partial charge in [0.2, 0.25) is 0 Å². The Hall–Kier alpha value is -0.520. The van der Waals surface area contributed by atoms with Crippen LogP contribution >= 0.6 is 0 Å². The zero-order valence-corrected chi connectivity index (χ0v) is 8.22. The molecule has 0 aliphatic carbocycles. The van der Waals surface area contributed by atoms with E-state index in [-0.39, 0.29) is 0 Å². The van der Waals surface area contributed by atoms with Gasteiger partial charge in [0, 0.05) is 0 Å². The smallest absolute Gasteiger partial charge is 0.00537 e. The van der Waals surface area contributed by atoms with E-state index >= 15 is 0 Å². The van der Waals surface area contributed by atoms with E-state index < -0.39 is 0 Å². The Morgan fingerprint density at radius 3 is 2.36 bits per heavy atom. The predicted molar refractivity (Wildman–Crippen MR) is 52.6 cm³/mol. The summed E-state index contributed by atoms with van der Waals surface area (Å²) in [5, 5.41) is 0. The lowest BCUT2D eigenvalue weighted by Crippen LogP contribution is -1.89. The van der Waals surface area contributed by atoms with Gasteiger partial charge < -0.3 is 0 Å². The Labute approximate surface area is 71.0 Å². The summed E-state index contributed by atoms with van der Waals surface area (Å²) in [5.74, 6) is 0.653. The van der Waals surface area contributed by atoms with Crippen molar-refractivity contribution in [3.05, 3.63) is 23.8 Å². The molecule has 0 bridgehead atoms. The quantitative estimate of drug-likeness (QED) is 0.535. The van der Waals surface area contributed by atoms with Crippen LogP contribution in [0.2, 0.25) is 0 Å². The Kier molecular flexibility index (Phi) is 5.91. The Morgan fingerprint density at radius 2 is 2.00 bits per heavy atom. The third-order valence-corrected chi connectivity index (χ3v) is 1.97. The summed E-state index contributed by atoms with van der Waals surface area (Å²) in [4.78, 5) is 0. The number of rotatable bonds is 4. The van der Waals surface area contributed by atoms with E-state index in [1.807, 2.05) is 0 Å². The highest BCUT2D eigenvalue weighted by molar-refractivity contribution is 5.06. The first-order valence-corrected chi connectivity index (χ1v) is 4.54. The van der Waals surface area contributed by atoms with E-state index in [9.17, 15) is 0 Å². The molecule has 0 aliphatic heterocycles. The summed E-state index contributed by atoms with van der Waals surface area (Å²) in [5.41, 5.74) is 1.50.